The van der Waals surface area contributed by atoms with Crippen LogP contribution in [-0.2, 0) is 4.79 Å². The summed E-state index contributed by atoms with van der Waals surface area (Å²) in [6, 6.07) is 15.0. The first kappa shape index (κ1) is 25.7. The molecule has 1 aromatic heterocycles. The summed E-state index contributed by atoms with van der Waals surface area (Å²) in [5.41, 5.74) is 2.33. The Balaban J connectivity index is 2.13. The van der Waals surface area contributed by atoms with Gasteiger partial charge in [0, 0.05) is 13.0 Å². The Bertz CT molecular complexity index is 1170. The van der Waals surface area contributed by atoms with Crippen LogP contribution in [0, 0.1) is 12.3 Å². The van der Waals surface area contributed by atoms with Crippen molar-refractivity contribution in [3.63, 3.8) is 0 Å². The van der Waals surface area contributed by atoms with E-state index in [-0.39, 0.29) is 22.9 Å². The number of benzene rings is 2. The maximum absolute atomic E-state index is 13.7. The second-order valence-corrected chi connectivity index (χ2v) is 10.5. The van der Waals surface area contributed by atoms with Gasteiger partial charge >= 0.3 is 0 Å². The van der Waals surface area contributed by atoms with Gasteiger partial charge in [-0.3, -0.25) is 14.2 Å². The number of aryl methyl sites for hydroxylation is 1. The molecule has 2 aromatic carbocycles. The van der Waals surface area contributed by atoms with E-state index >= 15 is 0 Å². The first-order chi connectivity index (χ1) is 16.1. The summed E-state index contributed by atoms with van der Waals surface area (Å²) >= 11 is 0. The summed E-state index contributed by atoms with van der Waals surface area (Å²) in [7, 11) is 0. The third-order valence-electron chi connectivity index (χ3n) is 6.19. The Morgan fingerprint density at radius 2 is 1.71 bits per heavy atom. The highest BCUT2D eigenvalue weighted by atomic mass is 16.2. The van der Waals surface area contributed by atoms with Crippen molar-refractivity contribution < 1.29 is 4.79 Å². The standard InChI is InChI=1S/C29H39N3O2/c1-7-8-9-12-19-31(26(33)20-29(4,5)6)22(3)27-30-25-14-11-10-13-24(25)28(34)32(27)23-17-15-21(2)16-18-23/h10-11,13-18,22H,7-9,12,19-20H2,1-6H3. The van der Waals surface area contributed by atoms with Gasteiger partial charge in [0.25, 0.3) is 5.56 Å². The Kier molecular flexibility index (Phi) is 8.29. The van der Waals surface area contributed by atoms with Crippen LogP contribution in [0.4, 0.5) is 0 Å². The lowest BCUT2D eigenvalue weighted by atomic mass is 9.91. The van der Waals surface area contributed by atoms with E-state index in [2.05, 4.69) is 27.7 Å². The number of amides is 1. The molecule has 3 aromatic rings. The molecule has 0 aliphatic heterocycles. The molecule has 5 heteroatoms. The summed E-state index contributed by atoms with van der Waals surface area (Å²) in [6.07, 6.45) is 4.77. The van der Waals surface area contributed by atoms with Crippen molar-refractivity contribution in [3.05, 3.63) is 70.3 Å². The van der Waals surface area contributed by atoms with Gasteiger partial charge in [-0.15, -0.1) is 0 Å². The van der Waals surface area contributed by atoms with E-state index in [9.17, 15) is 9.59 Å². The van der Waals surface area contributed by atoms with E-state index < -0.39 is 0 Å². The first-order valence-electron chi connectivity index (χ1n) is 12.5. The molecule has 0 fully saturated rings. The SMILES string of the molecule is CCCCCCN(C(=O)CC(C)(C)C)C(C)c1nc2ccccc2c(=O)n1-c1ccc(C)cc1. The van der Waals surface area contributed by atoms with Crippen LogP contribution in [-0.4, -0.2) is 26.9 Å². The van der Waals surface area contributed by atoms with Gasteiger partial charge in [-0.1, -0.05) is 76.8 Å². The average molecular weight is 462 g/mol. The quantitative estimate of drug-likeness (QED) is 0.337. The third-order valence-corrected chi connectivity index (χ3v) is 6.19. The summed E-state index contributed by atoms with van der Waals surface area (Å²) in [6.45, 7) is 13.1. The monoisotopic (exact) mass is 461 g/mol. The summed E-state index contributed by atoms with van der Waals surface area (Å²) in [4.78, 5) is 34.0. The molecule has 0 aliphatic carbocycles. The van der Waals surface area contributed by atoms with Crippen LogP contribution < -0.4 is 5.56 Å². The number of rotatable bonds is 9. The molecule has 1 atom stereocenters. The zero-order valence-corrected chi connectivity index (χ0v) is 21.6. The molecule has 1 unspecified atom stereocenters. The van der Waals surface area contributed by atoms with E-state index in [1.807, 2.05) is 67.3 Å². The Morgan fingerprint density at radius 3 is 2.35 bits per heavy atom. The molecule has 0 saturated heterocycles. The van der Waals surface area contributed by atoms with E-state index in [0.29, 0.717) is 29.7 Å². The van der Waals surface area contributed by atoms with Gasteiger partial charge in [-0.25, -0.2) is 4.98 Å². The van der Waals surface area contributed by atoms with Crippen molar-refractivity contribution in [2.45, 2.75) is 79.7 Å². The minimum atomic E-state index is -0.338. The van der Waals surface area contributed by atoms with E-state index in [4.69, 9.17) is 4.98 Å². The largest absolute Gasteiger partial charge is 0.333 e. The van der Waals surface area contributed by atoms with Crippen molar-refractivity contribution in [1.29, 1.82) is 0 Å². The Morgan fingerprint density at radius 1 is 1.03 bits per heavy atom. The highest BCUT2D eigenvalue weighted by Gasteiger charge is 2.29. The third kappa shape index (κ3) is 6.13. The molecule has 182 valence electrons. The Labute approximate surface area is 203 Å². The molecule has 5 nitrogen and oxygen atoms in total. The molecule has 0 bridgehead atoms. The molecule has 3 rings (SSSR count). The zero-order valence-electron chi connectivity index (χ0n) is 21.6. The van der Waals surface area contributed by atoms with Gasteiger partial charge in [0.15, 0.2) is 0 Å². The molecule has 34 heavy (non-hydrogen) atoms. The maximum atomic E-state index is 13.7. The molecule has 1 amide bonds. The van der Waals surface area contributed by atoms with E-state index in [0.717, 1.165) is 36.9 Å². The van der Waals surface area contributed by atoms with Crippen LogP contribution in [0.5, 0.6) is 0 Å². The fourth-order valence-corrected chi connectivity index (χ4v) is 4.31. The number of para-hydroxylation sites is 1. The average Bonchev–Trinajstić information content (AvgIpc) is 2.78. The van der Waals surface area contributed by atoms with Gasteiger partial charge in [0.2, 0.25) is 5.91 Å². The van der Waals surface area contributed by atoms with Gasteiger partial charge in [0.1, 0.15) is 5.82 Å². The number of hydrogen-bond acceptors (Lipinski definition) is 3. The number of fused-ring (bicyclic) bond motifs is 1. The fraction of sp³-hybridized carbons (Fsp3) is 0.483. The van der Waals surface area contributed by atoms with Gasteiger partial charge in [-0.2, -0.15) is 0 Å². The summed E-state index contributed by atoms with van der Waals surface area (Å²) in [5, 5.41) is 0.578. The van der Waals surface area contributed by atoms with Crippen LogP contribution in [0.15, 0.2) is 53.3 Å². The van der Waals surface area contributed by atoms with Crippen molar-refractivity contribution >= 4 is 16.8 Å². The molecular formula is C29H39N3O2. The van der Waals surface area contributed by atoms with Crippen molar-refractivity contribution in [3.8, 4) is 5.69 Å². The van der Waals surface area contributed by atoms with Gasteiger partial charge in [-0.05, 0) is 49.9 Å². The highest BCUT2D eigenvalue weighted by molar-refractivity contribution is 5.79. The molecular weight excluding hydrogens is 422 g/mol. The van der Waals surface area contributed by atoms with E-state index in [1.54, 1.807) is 4.57 Å². The Hall–Kier alpha value is -2.95. The minimum Gasteiger partial charge on any atom is -0.333 e. The summed E-state index contributed by atoms with van der Waals surface area (Å²) in [5.74, 6) is 0.708. The van der Waals surface area contributed by atoms with Gasteiger partial charge in [0.05, 0.1) is 22.6 Å². The number of carbonyl (C=O) groups is 1. The predicted molar refractivity (Wildman–Crippen MR) is 140 cm³/mol. The van der Waals surface area contributed by atoms with Crippen molar-refractivity contribution in [2.75, 3.05) is 6.54 Å². The predicted octanol–water partition coefficient (Wildman–Crippen LogP) is 6.60. The molecule has 1 heterocycles. The molecule has 0 saturated carbocycles. The highest BCUT2D eigenvalue weighted by Crippen LogP contribution is 2.27. The molecule has 0 radical (unpaired) electrons. The summed E-state index contributed by atoms with van der Waals surface area (Å²) < 4.78 is 1.69. The normalized spacial score (nSPS) is 12.6. The lowest BCUT2D eigenvalue weighted by Gasteiger charge is -2.33. The number of carbonyl (C=O) groups excluding carboxylic acids is 1. The van der Waals surface area contributed by atoms with Crippen LogP contribution in [0.25, 0.3) is 16.6 Å². The molecule has 0 aliphatic rings. The first-order valence-corrected chi connectivity index (χ1v) is 12.5. The smallest absolute Gasteiger partial charge is 0.266 e. The van der Waals surface area contributed by atoms with Crippen molar-refractivity contribution in [1.82, 2.24) is 14.5 Å². The van der Waals surface area contributed by atoms with Crippen LogP contribution >= 0.6 is 0 Å². The molecule has 0 N–H and O–H groups in total. The lowest BCUT2D eigenvalue weighted by Crippen LogP contribution is -2.39. The number of aromatic nitrogens is 2. The topological polar surface area (TPSA) is 55.2 Å². The maximum Gasteiger partial charge on any atom is 0.266 e. The number of nitrogens with zero attached hydrogens (tertiary/aromatic N) is 3. The fourth-order valence-electron chi connectivity index (χ4n) is 4.31. The molecule has 0 spiro atoms. The lowest BCUT2D eigenvalue weighted by molar-refractivity contribution is -0.135. The van der Waals surface area contributed by atoms with Gasteiger partial charge < -0.3 is 4.90 Å². The van der Waals surface area contributed by atoms with E-state index in [1.165, 1.54) is 0 Å². The second kappa shape index (κ2) is 11.0. The second-order valence-electron chi connectivity index (χ2n) is 10.5. The van der Waals surface area contributed by atoms with Crippen LogP contribution in [0.2, 0.25) is 0 Å². The van der Waals surface area contributed by atoms with Crippen LogP contribution in [0.1, 0.15) is 84.2 Å². The zero-order chi connectivity index (χ0) is 24.9. The number of hydrogen-bond donors (Lipinski definition) is 0. The van der Waals surface area contributed by atoms with Crippen molar-refractivity contribution in [2.24, 2.45) is 5.41 Å². The number of unbranched alkanes of at least 4 members (excludes halogenated alkanes) is 3. The minimum absolute atomic E-state index is 0.106. The van der Waals surface area contributed by atoms with Crippen LogP contribution in [0.3, 0.4) is 0 Å².